The molecule has 3 aliphatic heterocycles. The molecule has 32 heavy (non-hydrogen) atoms. The van der Waals surface area contributed by atoms with Crippen molar-refractivity contribution in [2.24, 2.45) is 13.0 Å². The molecule has 5 rings (SSSR count). The molecule has 0 amide bonds. The first-order valence-electron chi connectivity index (χ1n) is 12.0. The summed E-state index contributed by atoms with van der Waals surface area (Å²) in [6.45, 7) is 5.93. The van der Waals surface area contributed by atoms with Crippen LogP contribution in [-0.4, -0.2) is 50.2 Å². The van der Waals surface area contributed by atoms with Gasteiger partial charge in [-0.25, -0.2) is 0 Å². The first-order valence-corrected chi connectivity index (χ1v) is 12.0. The van der Waals surface area contributed by atoms with E-state index in [2.05, 4.69) is 15.9 Å². The number of aromatic hydroxyl groups is 1. The van der Waals surface area contributed by atoms with Gasteiger partial charge in [-0.3, -0.25) is 19.4 Å². The van der Waals surface area contributed by atoms with E-state index in [-0.39, 0.29) is 16.7 Å². The van der Waals surface area contributed by atoms with E-state index in [0.29, 0.717) is 24.9 Å². The fraction of sp³-hybridized carbons (Fsp3) is 0.600. The molecule has 172 valence electrons. The van der Waals surface area contributed by atoms with Crippen molar-refractivity contribution in [3.63, 3.8) is 0 Å². The van der Waals surface area contributed by atoms with Crippen molar-refractivity contribution >= 4 is 0 Å². The molecule has 5 heterocycles. The van der Waals surface area contributed by atoms with Gasteiger partial charge in [0.05, 0.1) is 5.69 Å². The van der Waals surface area contributed by atoms with E-state index in [4.69, 9.17) is 0 Å². The number of nitrogens with zero attached hydrogens (tertiary/aromatic N) is 4. The second-order valence-corrected chi connectivity index (χ2v) is 9.94. The molecule has 7 heteroatoms. The molecular weight excluding hydrogens is 404 g/mol. The largest absolute Gasteiger partial charge is 0.503 e. The average Bonchev–Trinajstić information content (AvgIpc) is 3.04. The fourth-order valence-corrected chi connectivity index (χ4v) is 5.98. The van der Waals surface area contributed by atoms with Gasteiger partial charge in [0.25, 0.3) is 5.56 Å². The third-order valence-electron chi connectivity index (χ3n) is 7.65. The maximum atomic E-state index is 12.6. The number of aromatic nitrogens is 2. The number of hydrogen-bond acceptors (Lipinski definition) is 5. The fourth-order valence-electron chi connectivity index (χ4n) is 5.98. The predicted octanol–water partition coefficient (Wildman–Crippen LogP) is 2.25. The summed E-state index contributed by atoms with van der Waals surface area (Å²) < 4.78 is 3.98. The molecule has 1 N–H and O–H groups in total. The molecule has 0 radical (unpaired) electrons. The van der Waals surface area contributed by atoms with Gasteiger partial charge >= 0.3 is 0 Å². The molecule has 2 atom stereocenters. The van der Waals surface area contributed by atoms with Crippen LogP contribution in [0.25, 0.3) is 0 Å². The van der Waals surface area contributed by atoms with Gasteiger partial charge in [0.2, 0.25) is 5.43 Å². The van der Waals surface area contributed by atoms with E-state index in [1.54, 1.807) is 12.1 Å². The zero-order valence-electron chi connectivity index (χ0n) is 19.0. The number of hydrogen-bond donors (Lipinski definition) is 1. The third-order valence-corrected chi connectivity index (χ3v) is 7.65. The topological polar surface area (TPSA) is 70.7 Å². The van der Waals surface area contributed by atoms with Crippen LogP contribution < -0.4 is 11.0 Å². The van der Waals surface area contributed by atoms with Crippen LogP contribution >= 0.6 is 0 Å². The van der Waals surface area contributed by atoms with Crippen LogP contribution in [0.3, 0.4) is 0 Å². The molecular formula is C25H34N4O3. The summed E-state index contributed by atoms with van der Waals surface area (Å²) in [6.07, 6.45) is 5.99. The molecule has 2 fully saturated rings. The molecule has 2 aromatic heterocycles. The Kier molecular flexibility index (Phi) is 5.95. The van der Waals surface area contributed by atoms with Crippen LogP contribution in [-0.2, 0) is 26.7 Å². The van der Waals surface area contributed by atoms with Crippen LogP contribution in [0, 0.1) is 5.92 Å². The highest BCUT2D eigenvalue weighted by molar-refractivity contribution is 5.30. The van der Waals surface area contributed by atoms with Gasteiger partial charge in [0.1, 0.15) is 0 Å². The van der Waals surface area contributed by atoms with E-state index in [1.165, 1.54) is 25.7 Å². The van der Waals surface area contributed by atoms with Gasteiger partial charge in [-0.2, -0.15) is 0 Å². The smallest absolute Gasteiger partial charge is 0.250 e. The summed E-state index contributed by atoms with van der Waals surface area (Å²) in [5, 5.41) is 10.6. The molecule has 0 aromatic carbocycles. The first-order chi connectivity index (χ1) is 15.5. The molecule has 0 spiro atoms. The minimum absolute atomic E-state index is 0.102. The summed E-state index contributed by atoms with van der Waals surface area (Å²) in [7, 11) is 1.97. The zero-order valence-corrected chi connectivity index (χ0v) is 19.0. The van der Waals surface area contributed by atoms with Gasteiger partial charge < -0.3 is 14.2 Å². The van der Waals surface area contributed by atoms with Gasteiger partial charge in [0.15, 0.2) is 5.75 Å². The lowest BCUT2D eigenvalue weighted by atomic mass is 9.83. The minimum Gasteiger partial charge on any atom is -0.503 e. The SMILES string of the molecule is Cn1c(CN2CC3CC(C2)c2cccc(=O)n2C3)cc(=O)c(O)c1CN1CCCCCC1. The number of piperidine rings is 1. The van der Waals surface area contributed by atoms with Gasteiger partial charge in [0, 0.05) is 69.2 Å². The molecule has 0 saturated carbocycles. The number of rotatable bonds is 4. The average molecular weight is 439 g/mol. The standard InChI is InChI=1S/C25H34N4O3/c1-26-20(12-23(30)25(32)22(26)17-27-9-4-2-3-5-10-27)16-28-13-18-11-19(15-28)21-7-6-8-24(31)29(21)14-18/h6-8,12,18-19,32H,2-5,9-11,13-17H2,1H3. The zero-order chi connectivity index (χ0) is 22.2. The van der Waals surface area contributed by atoms with Crippen molar-refractivity contribution in [3.8, 4) is 5.75 Å². The lowest BCUT2D eigenvalue weighted by Crippen LogP contribution is -2.47. The van der Waals surface area contributed by atoms with Gasteiger partial charge in [-0.15, -0.1) is 0 Å². The van der Waals surface area contributed by atoms with Crippen LogP contribution in [0.15, 0.2) is 33.9 Å². The second-order valence-electron chi connectivity index (χ2n) is 9.94. The number of pyridine rings is 2. The summed E-state index contributed by atoms with van der Waals surface area (Å²) in [4.78, 5) is 29.7. The van der Waals surface area contributed by atoms with Crippen LogP contribution in [0.2, 0.25) is 0 Å². The highest BCUT2D eigenvalue weighted by Crippen LogP contribution is 2.35. The van der Waals surface area contributed by atoms with E-state index < -0.39 is 0 Å². The lowest BCUT2D eigenvalue weighted by Gasteiger charge is -2.43. The Labute approximate surface area is 188 Å². The molecule has 0 aliphatic carbocycles. The van der Waals surface area contributed by atoms with E-state index in [1.807, 2.05) is 22.2 Å². The van der Waals surface area contributed by atoms with Crippen molar-refractivity contribution < 1.29 is 5.11 Å². The Bertz CT molecular complexity index is 1100. The molecule has 2 bridgehead atoms. The first kappa shape index (κ1) is 21.5. The second kappa shape index (κ2) is 8.87. The Morgan fingerprint density at radius 1 is 0.969 bits per heavy atom. The molecule has 7 nitrogen and oxygen atoms in total. The predicted molar refractivity (Wildman–Crippen MR) is 124 cm³/mol. The lowest BCUT2D eigenvalue weighted by molar-refractivity contribution is 0.112. The van der Waals surface area contributed by atoms with Crippen molar-refractivity contribution in [1.29, 1.82) is 0 Å². The van der Waals surface area contributed by atoms with Crippen LogP contribution in [0.5, 0.6) is 5.75 Å². The van der Waals surface area contributed by atoms with Crippen LogP contribution in [0.4, 0.5) is 0 Å². The number of fused-ring (bicyclic) bond motifs is 4. The van der Waals surface area contributed by atoms with Gasteiger partial charge in [-0.05, 0) is 44.3 Å². The molecule has 2 aromatic rings. The highest BCUT2D eigenvalue weighted by atomic mass is 16.3. The van der Waals surface area contributed by atoms with Crippen molar-refractivity contribution in [3.05, 3.63) is 61.9 Å². The van der Waals surface area contributed by atoms with E-state index >= 15 is 0 Å². The molecule has 2 saturated heterocycles. The Balaban J connectivity index is 1.37. The van der Waals surface area contributed by atoms with E-state index in [0.717, 1.165) is 56.2 Å². The van der Waals surface area contributed by atoms with Crippen LogP contribution in [0.1, 0.15) is 55.1 Å². The normalized spacial score (nSPS) is 24.2. The quantitative estimate of drug-likeness (QED) is 0.793. The monoisotopic (exact) mass is 438 g/mol. The van der Waals surface area contributed by atoms with Crippen molar-refractivity contribution in [2.45, 2.75) is 57.7 Å². The summed E-state index contributed by atoms with van der Waals surface area (Å²) >= 11 is 0. The van der Waals surface area contributed by atoms with Gasteiger partial charge in [-0.1, -0.05) is 18.9 Å². The Morgan fingerprint density at radius 3 is 2.53 bits per heavy atom. The van der Waals surface area contributed by atoms with Crippen molar-refractivity contribution in [2.75, 3.05) is 26.2 Å². The summed E-state index contributed by atoms with van der Waals surface area (Å²) in [6, 6.07) is 7.21. The molecule has 2 unspecified atom stereocenters. The maximum Gasteiger partial charge on any atom is 0.250 e. The highest BCUT2D eigenvalue weighted by Gasteiger charge is 2.34. The number of likely N-dealkylation sites (tertiary alicyclic amines) is 2. The summed E-state index contributed by atoms with van der Waals surface area (Å²) in [5.41, 5.74) is 2.63. The van der Waals surface area contributed by atoms with E-state index in [9.17, 15) is 14.7 Å². The Hall–Kier alpha value is -2.38. The maximum absolute atomic E-state index is 12.6. The van der Waals surface area contributed by atoms with Crippen molar-refractivity contribution in [1.82, 2.24) is 18.9 Å². The molecule has 3 aliphatic rings. The third kappa shape index (κ3) is 4.16. The summed E-state index contributed by atoms with van der Waals surface area (Å²) in [5.74, 6) is 0.693. The Morgan fingerprint density at radius 2 is 1.75 bits per heavy atom. The minimum atomic E-state index is -0.281.